The van der Waals surface area contributed by atoms with Crippen molar-refractivity contribution in [3.8, 4) is 5.75 Å². The van der Waals surface area contributed by atoms with Gasteiger partial charge < -0.3 is 19.1 Å². The number of methoxy groups -OCH3 is 1. The first-order chi connectivity index (χ1) is 17.5. The molecule has 186 valence electrons. The summed E-state index contributed by atoms with van der Waals surface area (Å²) in [6.45, 7) is 2.74. The van der Waals surface area contributed by atoms with Crippen LogP contribution in [-0.2, 0) is 11.3 Å². The van der Waals surface area contributed by atoms with Crippen LogP contribution < -0.4 is 15.2 Å². The standard InChI is InChI=1S/C25H25FN6O3S/c1-35-21-9-5-4-8-20(21)29-10-12-30(13-11-29)22(33)17-36-25-28-27-23-24(34)31(14-15-32(23)25)16-18-6-2-3-7-19(18)26/h2-9,14-15H,10-13,16-17H2,1H3. The third kappa shape index (κ3) is 4.78. The molecule has 4 aromatic rings. The number of hydrogen-bond donors (Lipinski definition) is 0. The van der Waals surface area contributed by atoms with E-state index in [0.29, 0.717) is 36.9 Å². The third-order valence-electron chi connectivity index (χ3n) is 6.19. The van der Waals surface area contributed by atoms with Crippen LogP contribution in [0.1, 0.15) is 5.56 Å². The Morgan fingerprint density at radius 2 is 1.78 bits per heavy atom. The lowest BCUT2D eigenvalue weighted by Gasteiger charge is -2.36. The highest BCUT2D eigenvalue weighted by Crippen LogP contribution is 2.28. The zero-order valence-electron chi connectivity index (χ0n) is 19.7. The average Bonchev–Trinajstić information content (AvgIpc) is 3.34. The smallest absolute Gasteiger partial charge is 0.296 e. The molecule has 0 bridgehead atoms. The minimum atomic E-state index is -0.376. The van der Waals surface area contributed by atoms with Crippen molar-refractivity contribution in [2.24, 2.45) is 0 Å². The van der Waals surface area contributed by atoms with Gasteiger partial charge >= 0.3 is 0 Å². The summed E-state index contributed by atoms with van der Waals surface area (Å²) in [5.74, 6) is 0.640. The van der Waals surface area contributed by atoms with E-state index >= 15 is 0 Å². The molecule has 1 aliphatic rings. The lowest BCUT2D eigenvalue weighted by atomic mass is 10.2. The minimum Gasteiger partial charge on any atom is -0.495 e. The van der Waals surface area contributed by atoms with Crippen LogP contribution in [0.4, 0.5) is 10.1 Å². The van der Waals surface area contributed by atoms with E-state index in [9.17, 15) is 14.0 Å². The second-order valence-corrected chi connectivity index (χ2v) is 9.27. The Labute approximate surface area is 211 Å². The summed E-state index contributed by atoms with van der Waals surface area (Å²) in [7, 11) is 1.66. The summed E-state index contributed by atoms with van der Waals surface area (Å²) >= 11 is 1.24. The number of carbonyl (C=O) groups excluding carboxylic acids is 1. The van der Waals surface area contributed by atoms with Gasteiger partial charge in [0.05, 0.1) is 25.1 Å². The maximum atomic E-state index is 14.0. The van der Waals surface area contributed by atoms with Crippen molar-refractivity contribution in [1.29, 1.82) is 0 Å². The van der Waals surface area contributed by atoms with Crippen molar-refractivity contribution in [2.75, 3.05) is 43.9 Å². The van der Waals surface area contributed by atoms with Gasteiger partial charge in [-0.15, -0.1) is 10.2 Å². The number of ether oxygens (including phenoxy) is 1. The molecule has 11 heteroatoms. The maximum absolute atomic E-state index is 14.0. The number of carbonyl (C=O) groups is 1. The molecule has 0 radical (unpaired) electrons. The third-order valence-corrected chi connectivity index (χ3v) is 7.12. The van der Waals surface area contributed by atoms with E-state index in [1.165, 1.54) is 22.4 Å². The number of thioether (sulfide) groups is 1. The molecule has 1 aliphatic heterocycles. The van der Waals surface area contributed by atoms with E-state index in [2.05, 4.69) is 15.1 Å². The van der Waals surface area contributed by atoms with E-state index in [1.807, 2.05) is 29.2 Å². The van der Waals surface area contributed by atoms with Crippen LogP contribution in [0.15, 0.2) is 70.9 Å². The van der Waals surface area contributed by atoms with Gasteiger partial charge in [0.2, 0.25) is 11.6 Å². The number of hydrogen-bond acceptors (Lipinski definition) is 7. The molecule has 0 atom stereocenters. The fourth-order valence-electron chi connectivity index (χ4n) is 4.24. The molecule has 1 amide bonds. The van der Waals surface area contributed by atoms with Gasteiger partial charge in [-0.3, -0.25) is 14.0 Å². The molecular formula is C25H25FN6O3S. The van der Waals surface area contributed by atoms with Gasteiger partial charge in [-0.05, 0) is 18.2 Å². The van der Waals surface area contributed by atoms with Gasteiger partial charge in [0.1, 0.15) is 11.6 Å². The highest BCUT2D eigenvalue weighted by Gasteiger charge is 2.23. The van der Waals surface area contributed by atoms with Gasteiger partial charge in [-0.25, -0.2) is 4.39 Å². The summed E-state index contributed by atoms with van der Waals surface area (Å²) in [5, 5.41) is 8.58. The van der Waals surface area contributed by atoms with E-state index in [4.69, 9.17) is 4.74 Å². The first kappa shape index (κ1) is 23.9. The predicted octanol–water partition coefficient (Wildman–Crippen LogP) is 2.53. The number of nitrogens with zero attached hydrogens (tertiary/aromatic N) is 6. The monoisotopic (exact) mass is 508 g/mol. The second-order valence-electron chi connectivity index (χ2n) is 8.33. The quantitative estimate of drug-likeness (QED) is 0.355. The number of halogens is 1. The zero-order chi connectivity index (χ0) is 25.1. The summed E-state index contributed by atoms with van der Waals surface area (Å²) in [5.41, 5.74) is 1.19. The Kier molecular flexibility index (Phi) is 6.90. The van der Waals surface area contributed by atoms with Crippen molar-refractivity contribution in [1.82, 2.24) is 24.1 Å². The van der Waals surface area contributed by atoms with E-state index in [-0.39, 0.29) is 35.2 Å². The van der Waals surface area contributed by atoms with Crippen LogP contribution in [0.25, 0.3) is 5.65 Å². The highest BCUT2D eigenvalue weighted by atomic mass is 32.2. The Morgan fingerprint density at radius 3 is 2.56 bits per heavy atom. The maximum Gasteiger partial charge on any atom is 0.296 e. The lowest BCUT2D eigenvalue weighted by Crippen LogP contribution is -2.49. The lowest BCUT2D eigenvalue weighted by molar-refractivity contribution is -0.128. The van der Waals surface area contributed by atoms with Crippen molar-refractivity contribution in [2.45, 2.75) is 11.7 Å². The Morgan fingerprint density at radius 1 is 1.03 bits per heavy atom. The van der Waals surface area contributed by atoms with E-state index in [0.717, 1.165) is 11.4 Å². The number of piperazine rings is 1. The van der Waals surface area contributed by atoms with Crippen LogP contribution in [0.3, 0.4) is 0 Å². The molecule has 2 aromatic heterocycles. The normalized spacial score (nSPS) is 13.8. The molecule has 0 saturated carbocycles. The number of anilines is 1. The predicted molar refractivity (Wildman–Crippen MR) is 135 cm³/mol. The molecule has 0 spiro atoms. The minimum absolute atomic E-state index is 0.00400. The number of para-hydroxylation sites is 2. The van der Waals surface area contributed by atoms with Crippen molar-refractivity contribution in [3.05, 3.63) is 82.7 Å². The van der Waals surface area contributed by atoms with Gasteiger partial charge in [-0.2, -0.15) is 0 Å². The highest BCUT2D eigenvalue weighted by molar-refractivity contribution is 7.99. The molecule has 0 unspecified atom stereocenters. The molecule has 2 aromatic carbocycles. The van der Waals surface area contributed by atoms with E-state index < -0.39 is 0 Å². The van der Waals surface area contributed by atoms with Gasteiger partial charge in [0.25, 0.3) is 5.56 Å². The number of rotatable bonds is 7. The van der Waals surface area contributed by atoms with Crippen LogP contribution in [0, 0.1) is 5.82 Å². The molecule has 1 saturated heterocycles. The molecule has 0 aliphatic carbocycles. The topological polar surface area (TPSA) is 85.0 Å². The van der Waals surface area contributed by atoms with E-state index in [1.54, 1.807) is 42.1 Å². The fourth-order valence-corrected chi connectivity index (χ4v) is 5.06. The van der Waals surface area contributed by atoms with Crippen molar-refractivity contribution in [3.63, 3.8) is 0 Å². The first-order valence-corrected chi connectivity index (χ1v) is 12.5. The number of fused-ring (bicyclic) bond motifs is 1. The van der Waals surface area contributed by atoms with Gasteiger partial charge in [0, 0.05) is 44.1 Å². The van der Waals surface area contributed by atoms with Crippen LogP contribution in [-0.4, -0.2) is 69.0 Å². The number of aromatic nitrogens is 4. The molecule has 3 heterocycles. The SMILES string of the molecule is COc1ccccc1N1CCN(C(=O)CSc2nnc3c(=O)n(Cc4ccccc4F)ccn23)CC1. The second kappa shape index (κ2) is 10.4. The average molecular weight is 509 g/mol. The summed E-state index contributed by atoms with van der Waals surface area (Å²) < 4.78 is 22.4. The Bertz CT molecular complexity index is 1450. The molecule has 5 rings (SSSR count). The fraction of sp³-hybridized carbons (Fsp3) is 0.280. The number of benzene rings is 2. The summed E-state index contributed by atoms with van der Waals surface area (Å²) in [6, 6.07) is 14.2. The number of amides is 1. The molecule has 1 fully saturated rings. The van der Waals surface area contributed by atoms with Crippen LogP contribution in [0.2, 0.25) is 0 Å². The van der Waals surface area contributed by atoms with Crippen molar-refractivity contribution < 1.29 is 13.9 Å². The molecule has 0 N–H and O–H groups in total. The Balaban J connectivity index is 1.21. The van der Waals surface area contributed by atoms with Crippen LogP contribution >= 0.6 is 11.8 Å². The van der Waals surface area contributed by atoms with Gasteiger partial charge in [0.15, 0.2) is 5.16 Å². The molecule has 9 nitrogen and oxygen atoms in total. The Hall–Kier alpha value is -3.86. The molecule has 36 heavy (non-hydrogen) atoms. The van der Waals surface area contributed by atoms with Gasteiger partial charge in [-0.1, -0.05) is 42.1 Å². The van der Waals surface area contributed by atoms with Crippen molar-refractivity contribution >= 4 is 29.0 Å². The first-order valence-electron chi connectivity index (χ1n) is 11.5. The summed E-state index contributed by atoms with van der Waals surface area (Å²) in [4.78, 5) is 29.8. The van der Waals surface area contributed by atoms with Crippen LogP contribution in [0.5, 0.6) is 5.75 Å². The largest absolute Gasteiger partial charge is 0.495 e. The molecular weight excluding hydrogens is 483 g/mol. The zero-order valence-corrected chi connectivity index (χ0v) is 20.5. The summed E-state index contributed by atoms with van der Waals surface area (Å²) in [6.07, 6.45) is 3.24.